The van der Waals surface area contributed by atoms with Crippen molar-refractivity contribution in [1.29, 1.82) is 0 Å². The molecule has 1 aliphatic carbocycles. The maximum absolute atomic E-state index is 14.0. The molecule has 1 aromatic carbocycles. The van der Waals surface area contributed by atoms with Gasteiger partial charge in [-0.05, 0) is 53.4 Å². The van der Waals surface area contributed by atoms with E-state index in [0.717, 1.165) is 6.42 Å². The van der Waals surface area contributed by atoms with E-state index in [1.807, 2.05) is 7.05 Å². The third-order valence-electron chi connectivity index (χ3n) is 4.04. The Hall–Kier alpha value is -0.480. The number of hydrogen-bond donors (Lipinski definition) is 1. The van der Waals surface area contributed by atoms with Crippen LogP contribution in [0.5, 0.6) is 0 Å². The minimum Gasteiger partial charge on any atom is -0.313 e. The van der Waals surface area contributed by atoms with E-state index >= 15 is 0 Å². The minimum absolute atomic E-state index is 0.106. The quantitative estimate of drug-likeness (QED) is 0.813. The molecular formula is C14H18BrF2N. The third kappa shape index (κ3) is 2.59. The summed E-state index contributed by atoms with van der Waals surface area (Å²) in [4.78, 5) is 0. The Kier molecular flexibility index (Phi) is 4.38. The van der Waals surface area contributed by atoms with E-state index in [2.05, 4.69) is 28.2 Å². The molecule has 0 heterocycles. The van der Waals surface area contributed by atoms with E-state index in [0.29, 0.717) is 17.4 Å². The van der Waals surface area contributed by atoms with Crippen LogP contribution in [0, 0.1) is 23.5 Å². The summed E-state index contributed by atoms with van der Waals surface area (Å²) in [6.07, 6.45) is 3.41. The largest absolute Gasteiger partial charge is 0.313 e. The van der Waals surface area contributed by atoms with Gasteiger partial charge in [0.05, 0.1) is 4.47 Å². The van der Waals surface area contributed by atoms with Gasteiger partial charge in [0.2, 0.25) is 0 Å². The van der Waals surface area contributed by atoms with Crippen molar-refractivity contribution in [2.24, 2.45) is 11.8 Å². The first-order valence-electron chi connectivity index (χ1n) is 6.36. The molecule has 0 spiro atoms. The lowest BCUT2D eigenvalue weighted by Crippen LogP contribution is -2.28. The van der Waals surface area contributed by atoms with Crippen molar-refractivity contribution in [3.8, 4) is 0 Å². The summed E-state index contributed by atoms with van der Waals surface area (Å²) in [6, 6.07) is 2.42. The van der Waals surface area contributed by atoms with Crippen molar-refractivity contribution in [3.05, 3.63) is 33.8 Å². The zero-order valence-electron chi connectivity index (χ0n) is 10.6. The molecule has 0 bridgehead atoms. The average Bonchev–Trinajstić information content (AvgIpc) is 2.73. The zero-order chi connectivity index (χ0) is 13.3. The molecule has 3 atom stereocenters. The van der Waals surface area contributed by atoms with Crippen molar-refractivity contribution in [2.45, 2.75) is 32.2 Å². The maximum atomic E-state index is 14.0. The van der Waals surface area contributed by atoms with Crippen molar-refractivity contribution in [2.75, 3.05) is 7.05 Å². The third-order valence-corrected chi connectivity index (χ3v) is 4.65. The molecule has 4 heteroatoms. The lowest BCUT2D eigenvalue weighted by Gasteiger charge is -2.27. The Morgan fingerprint density at radius 3 is 2.56 bits per heavy atom. The van der Waals surface area contributed by atoms with E-state index in [-0.39, 0.29) is 16.3 Å². The van der Waals surface area contributed by atoms with Gasteiger partial charge in [-0.25, -0.2) is 8.78 Å². The molecule has 3 unspecified atom stereocenters. The fourth-order valence-corrected chi connectivity index (χ4v) is 3.36. The Balaban J connectivity index is 2.35. The molecule has 1 saturated carbocycles. The second kappa shape index (κ2) is 5.66. The molecule has 0 amide bonds. The highest BCUT2D eigenvalue weighted by Gasteiger charge is 2.32. The van der Waals surface area contributed by atoms with Gasteiger partial charge in [0.15, 0.2) is 0 Å². The molecule has 1 aromatic rings. The smallest absolute Gasteiger partial charge is 0.137 e. The summed E-state index contributed by atoms with van der Waals surface area (Å²) >= 11 is 3.01. The van der Waals surface area contributed by atoms with Crippen LogP contribution in [0.3, 0.4) is 0 Å². The van der Waals surface area contributed by atoms with Gasteiger partial charge < -0.3 is 5.32 Å². The van der Waals surface area contributed by atoms with Crippen molar-refractivity contribution < 1.29 is 8.78 Å². The average molecular weight is 318 g/mol. The molecule has 1 nitrogen and oxygen atoms in total. The fraction of sp³-hybridized carbons (Fsp3) is 0.571. The highest BCUT2D eigenvalue weighted by molar-refractivity contribution is 9.10. The van der Waals surface area contributed by atoms with Gasteiger partial charge >= 0.3 is 0 Å². The van der Waals surface area contributed by atoms with E-state index in [9.17, 15) is 8.78 Å². The van der Waals surface area contributed by atoms with Crippen LogP contribution in [0.2, 0.25) is 0 Å². The Morgan fingerprint density at radius 1 is 1.28 bits per heavy atom. The minimum atomic E-state index is -0.405. The summed E-state index contributed by atoms with van der Waals surface area (Å²) in [6.45, 7) is 2.19. The predicted octanol–water partition coefficient (Wildman–Crippen LogP) is 4.42. The van der Waals surface area contributed by atoms with Crippen LogP contribution in [0.1, 0.15) is 37.8 Å². The van der Waals surface area contributed by atoms with Crippen molar-refractivity contribution in [1.82, 2.24) is 5.32 Å². The van der Waals surface area contributed by atoms with Gasteiger partial charge in [-0.1, -0.05) is 19.8 Å². The van der Waals surface area contributed by atoms with Crippen molar-refractivity contribution in [3.63, 3.8) is 0 Å². The molecule has 1 N–H and O–H groups in total. The SMILES string of the molecule is CNC(c1cc(F)c(Br)cc1F)C1CCCC1C. The van der Waals surface area contributed by atoms with Crippen LogP contribution in [-0.2, 0) is 0 Å². The Labute approximate surface area is 115 Å². The van der Waals surface area contributed by atoms with E-state index in [1.165, 1.54) is 25.0 Å². The highest BCUT2D eigenvalue weighted by Crippen LogP contribution is 2.41. The first-order chi connectivity index (χ1) is 8.54. The first-order valence-corrected chi connectivity index (χ1v) is 7.15. The van der Waals surface area contributed by atoms with Gasteiger partial charge in [-0.3, -0.25) is 0 Å². The van der Waals surface area contributed by atoms with Crippen LogP contribution in [0.25, 0.3) is 0 Å². The Bertz CT molecular complexity index is 436. The van der Waals surface area contributed by atoms with Crippen molar-refractivity contribution >= 4 is 15.9 Å². The molecule has 1 aliphatic rings. The van der Waals surface area contributed by atoms with Gasteiger partial charge in [-0.15, -0.1) is 0 Å². The Morgan fingerprint density at radius 2 is 2.00 bits per heavy atom. The van der Waals surface area contributed by atoms with E-state index < -0.39 is 5.82 Å². The molecule has 1 fully saturated rings. The molecule has 0 saturated heterocycles. The number of nitrogens with one attached hydrogen (secondary N) is 1. The van der Waals surface area contributed by atoms with Crippen LogP contribution in [-0.4, -0.2) is 7.05 Å². The fourth-order valence-electron chi connectivity index (χ4n) is 3.05. The number of hydrogen-bond acceptors (Lipinski definition) is 1. The normalized spacial score (nSPS) is 25.4. The number of benzene rings is 1. The van der Waals surface area contributed by atoms with Crippen LogP contribution < -0.4 is 5.32 Å². The molecule has 100 valence electrons. The molecule has 0 aliphatic heterocycles. The summed E-state index contributed by atoms with van der Waals surface area (Å²) in [7, 11) is 1.81. The summed E-state index contributed by atoms with van der Waals surface area (Å²) in [5.41, 5.74) is 0.442. The predicted molar refractivity (Wildman–Crippen MR) is 72.4 cm³/mol. The topological polar surface area (TPSA) is 12.0 Å². The summed E-state index contributed by atoms with van der Waals surface area (Å²) < 4.78 is 27.8. The molecule has 18 heavy (non-hydrogen) atoms. The zero-order valence-corrected chi connectivity index (χ0v) is 12.2. The highest BCUT2D eigenvalue weighted by atomic mass is 79.9. The molecular weight excluding hydrogens is 300 g/mol. The number of halogens is 3. The lowest BCUT2D eigenvalue weighted by atomic mass is 9.86. The standard InChI is InChI=1S/C14H18BrF2N/c1-8-4-3-5-9(8)14(18-2)10-6-13(17)11(15)7-12(10)16/h6-9,14,18H,3-5H2,1-2H3. The summed E-state index contributed by atoms with van der Waals surface area (Å²) in [5, 5.41) is 3.16. The lowest BCUT2D eigenvalue weighted by molar-refractivity contribution is 0.307. The molecule has 2 rings (SSSR count). The van der Waals surface area contributed by atoms with Gasteiger partial charge in [0.1, 0.15) is 11.6 Å². The molecule has 0 radical (unpaired) electrons. The van der Waals surface area contributed by atoms with Gasteiger partial charge in [0.25, 0.3) is 0 Å². The summed E-state index contributed by atoms with van der Waals surface area (Å²) in [5.74, 6) is 0.178. The van der Waals surface area contributed by atoms with Crippen LogP contribution in [0.15, 0.2) is 16.6 Å². The van der Waals surface area contributed by atoms with E-state index in [4.69, 9.17) is 0 Å². The molecule has 0 aromatic heterocycles. The monoisotopic (exact) mass is 317 g/mol. The van der Waals surface area contributed by atoms with Gasteiger partial charge in [0, 0.05) is 11.6 Å². The number of rotatable bonds is 3. The van der Waals surface area contributed by atoms with Gasteiger partial charge in [-0.2, -0.15) is 0 Å². The van der Waals surface area contributed by atoms with E-state index in [1.54, 1.807) is 0 Å². The van der Waals surface area contributed by atoms with Crippen LogP contribution in [0.4, 0.5) is 8.78 Å². The first kappa shape index (κ1) is 13.9. The second-order valence-corrected chi connectivity index (χ2v) is 5.98. The van der Waals surface area contributed by atoms with Crippen LogP contribution >= 0.6 is 15.9 Å². The maximum Gasteiger partial charge on any atom is 0.137 e. The second-order valence-electron chi connectivity index (χ2n) is 5.13.